The molecule has 2 aromatic heterocycles. The Bertz CT molecular complexity index is 864. The number of thioether (sulfide) groups is 1. The van der Waals surface area contributed by atoms with Gasteiger partial charge in [0, 0.05) is 17.4 Å². The molecule has 0 amide bonds. The molecule has 3 heterocycles. The van der Waals surface area contributed by atoms with Gasteiger partial charge >= 0.3 is 0 Å². The summed E-state index contributed by atoms with van der Waals surface area (Å²) in [5.41, 5.74) is 2.54. The molecule has 2 aliphatic carbocycles. The predicted molar refractivity (Wildman–Crippen MR) is 102 cm³/mol. The molecule has 6 heteroatoms. The van der Waals surface area contributed by atoms with Crippen LogP contribution in [0.1, 0.15) is 75.1 Å². The van der Waals surface area contributed by atoms with E-state index in [2.05, 4.69) is 9.94 Å². The average Bonchev–Trinajstić information content (AvgIpc) is 3.33. The van der Waals surface area contributed by atoms with Crippen LogP contribution < -0.4 is 0 Å². The molecule has 130 valence electrons. The maximum Gasteiger partial charge on any atom is 0.218 e. The summed E-state index contributed by atoms with van der Waals surface area (Å²) in [6, 6.07) is 0.444. The topological polar surface area (TPSA) is 49.8 Å². The maximum absolute atomic E-state index is 7.58. The standard InChI is InChI=1S/C19H23N5S/c1-20-14-11-24-18(22-17(23-24)12-7-3-2-4-8-12)16(14)19-21-13-9-5-6-10-15(13)25-19/h11-13,15H,2-10H2,(H,22,23). The highest BCUT2D eigenvalue weighted by Gasteiger charge is 2.35. The van der Waals surface area contributed by atoms with Gasteiger partial charge in [-0.25, -0.2) is 9.83 Å². The Morgan fingerprint density at radius 1 is 1.12 bits per heavy atom. The van der Waals surface area contributed by atoms with Crippen LogP contribution in [0.25, 0.3) is 10.5 Å². The third-order valence-electron chi connectivity index (χ3n) is 5.96. The summed E-state index contributed by atoms with van der Waals surface area (Å²) >= 11 is 1.88. The number of hydrogen-bond acceptors (Lipinski definition) is 3. The van der Waals surface area contributed by atoms with Crippen molar-refractivity contribution in [3.63, 3.8) is 0 Å². The molecule has 0 radical (unpaired) electrons. The number of aliphatic imine (C=N–C) groups is 1. The lowest BCUT2D eigenvalue weighted by molar-refractivity contribution is 0.429. The minimum absolute atomic E-state index is 0.444. The van der Waals surface area contributed by atoms with E-state index < -0.39 is 0 Å². The smallest absolute Gasteiger partial charge is 0.218 e. The van der Waals surface area contributed by atoms with Crippen molar-refractivity contribution in [1.29, 1.82) is 0 Å². The third kappa shape index (κ3) is 2.60. The molecule has 0 spiro atoms. The van der Waals surface area contributed by atoms with E-state index in [1.165, 1.54) is 57.8 Å². The van der Waals surface area contributed by atoms with Gasteiger partial charge in [0.1, 0.15) is 5.82 Å². The van der Waals surface area contributed by atoms with Crippen LogP contribution in [-0.2, 0) is 0 Å². The second-order valence-corrected chi connectivity index (χ2v) is 8.81. The van der Waals surface area contributed by atoms with Crippen molar-refractivity contribution < 1.29 is 0 Å². The molecule has 2 fully saturated rings. The van der Waals surface area contributed by atoms with Gasteiger partial charge in [-0.3, -0.25) is 14.6 Å². The Morgan fingerprint density at radius 2 is 1.92 bits per heavy atom. The van der Waals surface area contributed by atoms with E-state index in [0.717, 1.165) is 22.1 Å². The van der Waals surface area contributed by atoms with Gasteiger partial charge in [0.25, 0.3) is 0 Å². The summed E-state index contributed by atoms with van der Waals surface area (Å²) < 4.78 is 1.96. The Balaban J connectivity index is 1.54. The van der Waals surface area contributed by atoms with Crippen molar-refractivity contribution in [2.24, 2.45) is 4.99 Å². The Hall–Kier alpha value is -1.74. The van der Waals surface area contributed by atoms with Crippen LogP contribution >= 0.6 is 11.8 Å². The van der Waals surface area contributed by atoms with E-state index in [4.69, 9.17) is 16.5 Å². The lowest BCUT2D eigenvalue weighted by Gasteiger charge is -2.21. The summed E-state index contributed by atoms with van der Waals surface area (Å²) in [5.74, 6) is 1.63. The quantitative estimate of drug-likeness (QED) is 0.767. The zero-order valence-corrected chi connectivity index (χ0v) is 15.2. The van der Waals surface area contributed by atoms with Crippen LogP contribution in [0.15, 0.2) is 11.2 Å². The average molecular weight is 353 g/mol. The van der Waals surface area contributed by atoms with Crippen LogP contribution in [-0.4, -0.2) is 30.9 Å². The highest BCUT2D eigenvalue weighted by atomic mass is 32.2. The van der Waals surface area contributed by atoms with E-state index in [0.29, 0.717) is 22.9 Å². The van der Waals surface area contributed by atoms with Gasteiger partial charge in [0.05, 0.1) is 23.2 Å². The van der Waals surface area contributed by atoms with Crippen LogP contribution in [0.3, 0.4) is 0 Å². The molecule has 2 atom stereocenters. The third-order valence-corrected chi connectivity index (χ3v) is 7.35. The van der Waals surface area contributed by atoms with Gasteiger partial charge in [-0.15, -0.1) is 11.8 Å². The number of nitrogens with one attached hydrogen (secondary N) is 1. The fourth-order valence-electron chi connectivity index (χ4n) is 4.60. The van der Waals surface area contributed by atoms with Crippen molar-refractivity contribution in [3.05, 3.63) is 29.0 Å². The second kappa shape index (κ2) is 6.21. The SMILES string of the molecule is [C-]#[N+]c1cn2[nH]c(C3CCCCC3)nc2c1C1=NC2CCCCC2S1. The van der Waals surface area contributed by atoms with E-state index in [1.807, 2.05) is 22.5 Å². The van der Waals surface area contributed by atoms with Crippen LogP contribution in [0.5, 0.6) is 0 Å². The molecule has 2 saturated carbocycles. The number of aromatic nitrogens is 3. The lowest BCUT2D eigenvalue weighted by atomic mass is 9.89. The van der Waals surface area contributed by atoms with Gasteiger partial charge in [-0.1, -0.05) is 32.1 Å². The highest BCUT2D eigenvalue weighted by Crippen LogP contribution is 2.42. The van der Waals surface area contributed by atoms with Crippen molar-refractivity contribution in [2.45, 2.75) is 75.0 Å². The van der Waals surface area contributed by atoms with E-state index in [9.17, 15) is 0 Å². The first-order valence-corrected chi connectivity index (χ1v) is 10.4. The molecule has 3 aliphatic rings. The first kappa shape index (κ1) is 15.5. The molecule has 1 aliphatic heterocycles. The molecular weight excluding hydrogens is 330 g/mol. The number of hydrogen-bond donors (Lipinski definition) is 1. The van der Waals surface area contributed by atoms with E-state index >= 15 is 0 Å². The fourth-order valence-corrected chi connectivity index (χ4v) is 6.03. The zero-order valence-electron chi connectivity index (χ0n) is 14.4. The number of aromatic amines is 1. The summed E-state index contributed by atoms with van der Waals surface area (Å²) in [6.07, 6.45) is 13.3. The Labute approximate surface area is 152 Å². The van der Waals surface area contributed by atoms with Gasteiger partial charge < -0.3 is 0 Å². The zero-order chi connectivity index (χ0) is 16.8. The Kier molecular flexibility index (Phi) is 3.85. The Morgan fingerprint density at radius 3 is 2.72 bits per heavy atom. The molecule has 25 heavy (non-hydrogen) atoms. The monoisotopic (exact) mass is 353 g/mol. The van der Waals surface area contributed by atoms with Crippen molar-refractivity contribution in [3.8, 4) is 0 Å². The van der Waals surface area contributed by atoms with Gasteiger partial charge in [-0.05, 0) is 25.7 Å². The largest absolute Gasteiger partial charge is 0.281 e. The van der Waals surface area contributed by atoms with Gasteiger partial charge in [0.15, 0.2) is 5.65 Å². The molecule has 2 unspecified atom stereocenters. The van der Waals surface area contributed by atoms with Gasteiger partial charge in [-0.2, -0.15) is 0 Å². The molecule has 1 N–H and O–H groups in total. The molecular formula is C19H23N5S. The molecule has 5 nitrogen and oxygen atoms in total. The minimum atomic E-state index is 0.444. The minimum Gasteiger partial charge on any atom is -0.281 e. The number of rotatable bonds is 2. The molecule has 2 aromatic rings. The van der Waals surface area contributed by atoms with Crippen molar-refractivity contribution in [1.82, 2.24) is 14.6 Å². The number of H-pyrrole nitrogens is 1. The van der Waals surface area contributed by atoms with E-state index in [-0.39, 0.29) is 0 Å². The summed E-state index contributed by atoms with van der Waals surface area (Å²) in [4.78, 5) is 13.7. The summed E-state index contributed by atoms with van der Waals surface area (Å²) in [6.45, 7) is 7.58. The summed E-state index contributed by atoms with van der Waals surface area (Å²) in [5, 5.41) is 5.10. The molecule has 0 bridgehead atoms. The van der Waals surface area contributed by atoms with Crippen molar-refractivity contribution in [2.75, 3.05) is 0 Å². The molecule has 0 saturated heterocycles. The van der Waals surface area contributed by atoms with E-state index in [1.54, 1.807) is 0 Å². The van der Waals surface area contributed by atoms with Crippen LogP contribution in [0, 0.1) is 6.57 Å². The van der Waals surface area contributed by atoms with Crippen LogP contribution in [0.2, 0.25) is 0 Å². The summed E-state index contributed by atoms with van der Waals surface area (Å²) in [7, 11) is 0. The lowest BCUT2D eigenvalue weighted by Crippen LogP contribution is -2.21. The maximum atomic E-state index is 7.58. The second-order valence-electron chi connectivity index (χ2n) is 7.58. The predicted octanol–water partition coefficient (Wildman–Crippen LogP) is 5.07. The van der Waals surface area contributed by atoms with Crippen molar-refractivity contribution >= 4 is 28.1 Å². The highest BCUT2D eigenvalue weighted by molar-refractivity contribution is 8.15. The first-order chi connectivity index (χ1) is 12.3. The normalized spacial score (nSPS) is 27.2. The molecule has 5 rings (SSSR count). The first-order valence-electron chi connectivity index (χ1n) is 9.57. The van der Waals surface area contributed by atoms with Gasteiger partial charge in [0.2, 0.25) is 5.69 Å². The molecule has 0 aromatic carbocycles. The number of nitrogens with zero attached hydrogens (tertiary/aromatic N) is 4. The fraction of sp³-hybridized carbons (Fsp3) is 0.632. The number of fused-ring (bicyclic) bond motifs is 2. The van der Waals surface area contributed by atoms with Crippen LogP contribution in [0.4, 0.5) is 5.69 Å².